The number of aromatic nitrogens is 2. The summed E-state index contributed by atoms with van der Waals surface area (Å²) < 4.78 is 10.5. The monoisotopic (exact) mass is 247 g/mol. The Labute approximate surface area is 106 Å². The van der Waals surface area contributed by atoms with Gasteiger partial charge in [0.15, 0.2) is 5.82 Å². The van der Waals surface area contributed by atoms with Crippen LogP contribution in [0.2, 0.25) is 0 Å². The van der Waals surface area contributed by atoms with Gasteiger partial charge in [-0.25, -0.2) is 0 Å². The van der Waals surface area contributed by atoms with E-state index >= 15 is 0 Å². The third-order valence-corrected chi connectivity index (χ3v) is 2.66. The Hall–Kier alpha value is -1.88. The number of benzene rings is 1. The number of aryl methyl sites for hydroxylation is 1. The Morgan fingerprint density at radius 2 is 2.22 bits per heavy atom. The maximum Gasteiger partial charge on any atom is 0.258 e. The van der Waals surface area contributed by atoms with Gasteiger partial charge in [-0.15, -0.1) is 0 Å². The molecular formula is C13H17N3O2. The first-order valence-electron chi connectivity index (χ1n) is 5.93. The van der Waals surface area contributed by atoms with E-state index in [2.05, 4.69) is 15.5 Å². The highest BCUT2D eigenvalue weighted by molar-refractivity contribution is 5.57. The number of ether oxygens (including phenoxy) is 1. The summed E-state index contributed by atoms with van der Waals surface area (Å²) >= 11 is 0. The van der Waals surface area contributed by atoms with E-state index in [4.69, 9.17) is 9.26 Å². The van der Waals surface area contributed by atoms with Crippen LogP contribution in [0.3, 0.4) is 0 Å². The van der Waals surface area contributed by atoms with Crippen molar-refractivity contribution < 1.29 is 9.26 Å². The molecule has 0 bridgehead atoms. The van der Waals surface area contributed by atoms with E-state index < -0.39 is 0 Å². The van der Waals surface area contributed by atoms with Crippen molar-refractivity contribution >= 4 is 0 Å². The summed E-state index contributed by atoms with van der Waals surface area (Å²) in [6.07, 6.45) is 0. The van der Waals surface area contributed by atoms with Gasteiger partial charge in [0.2, 0.25) is 0 Å². The van der Waals surface area contributed by atoms with Crippen LogP contribution in [0, 0.1) is 6.92 Å². The zero-order valence-electron chi connectivity index (χ0n) is 10.9. The molecule has 0 radical (unpaired) electrons. The largest absolute Gasteiger partial charge is 0.496 e. The molecule has 0 spiro atoms. The molecule has 18 heavy (non-hydrogen) atoms. The second-order valence-electron chi connectivity index (χ2n) is 3.98. The van der Waals surface area contributed by atoms with Gasteiger partial charge in [0.05, 0.1) is 13.7 Å². The fraction of sp³-hybridized carbons (Fsp3) is 0.385. The van der Waals surface area contributed by atoms with Crippen LogP contribution in [-0.4, -0.2) is 23.8 Å². The number of methoxy groups -OCH3 is 1. The molecular weight excluding hydrogens is 230 g/mol. The molecule has 5 heteroatoms. The SMILES string of the molecule is CCNCc1noc(-c2ccc(C)c(OC)c2)n1. The number of hydrogen-bond acceptors (Lipinski definition) is 5. The number of hydrogen-bond donors (Lipinski definition) is 1. The first kappa shape index (κ1) is 12.6. The minimum Gasteiger partial charge on any atom is -0.496 e. The third kappa shape index (κ3) is 2.68. The van der Waals surface area contributed by atoms with Crippen LogP contribution >= 0.6 is 0 Å². The Kier molecular flexibility index (Phi) is 3.94. The summed E-state index contributed by atoms with van der Waals surface area (Å²) in [4.78, 5) is 4.33. The van der Waals surface area contributed by atoms with Crippen LogP contribution in [0.5, 0.6) is 5.75 Å². The van der Waals surface area contributed by atoms with Crippen molar-refractivity contribution in [3.63, 3.8) is 0 Å². The van der Waals surface area contributed by atoms with Gasteiger partial charge in [0.25, 0.3) is 5.89 Å². The molecule has 0 atom stereocenters. The van der Waals surface area contributed by atoms with Crippen LogP contribution in [0.1, 0.15) is 18.3 Å². The van der Waals surface area contributed by atoms with Crippen LogP contribution in [0.4, 0.5) is 0 Å². The molecule has 0 amide bonds. The molecule has 5 nitrogen and oxygen atoms in total. The molecule has 0 aliphatic heterocycles. The van der Waals surface area contributed by atoms with Crippen LogP contribution in [-0.2, 0) is 6.54 Å². The van der Waals surface area contributed by atoms with Crippen LogP contribution in [0.15, 0.2) is 22.7 Å². The van der Waals surface area contributed by atoms with Crippen LogP contribution < -0.4 is 10.1 Å². The quantitative estimate of drug-likeness (QED) is 0.877. The van der Waals surface area contributed by atoms with Gasteiger partial charge in [-0.05, 0) is 31.2 Å². The second-order valence-corrected chi connectivity index (χ2v) is 3.98. The molecule has 0 saturated carbocycles. The Morgan fingerprint density at radius 3 is 2.94 bits per heavy atom. The summed E-state index contributed by atoms with van der Waals surface area (Å²) in [6, 6.07) is 5.82. The van der Waals surface area contributed by atoms with E-state index in [9.17, 15) is 0 Å². The van der Waals surface area contributed by atoms with Crippen molar-refractivity contribution in [1.29, 1.82) is 0 Å². The van der Waals surface area contributed by atoms with Gasteiger partial charge in [-0.3, -0.25) is 0 Å². The third-order valence-electron chi connectivity index (χ3n) is 2.66. The Bertz CT molecular complexity index is 523. The first-order chi connectivity index (χ1) is 8.74. The minimum absolute atomic E-state index is 0.515. The van der Waals surface area contributed by atoms with E-state index in [0.717, 1.165) is 23.4 Å². The lowest BCUT2D eigenvalue weighted by Crippen LogP contribution is -2.12. The average molecular weight is 247 g/mol. The number of nitrogens with one attached hydrogen (secondary N) is 1. The standard InChI is InChI=1S/C13H17N3O2/c1-4-14-8-12-15-13(18-16-12)10-6-5-9(2)11(7-10)17-3/h5-7,14H,4,8H2,1-3H3. The van der Waals surface area contributed by atoms with E-state index in [1.165, 1.54) is 0 Å². The highest BCUT2D eigenvalue weighted by atomic mass is 16.5. The molecule has 0 saturated heterocycles. The van der Waals surface area contributed by atoms with E-state index in [0.29, 0.717) is 18.3 Å². The lowest BCUT2D eigenvalue weighted by molar-refractivity contribution is 0.409. The first-order valence-corrected chi connectivity index (χ1v) is 5.93. The van der Waals surface area contributed by atoms with Crippen molar-refractivity contribution in [2.75, 3.05) is 13.7 Å². The van der Waals surface area contributed by atoms with Crippen molar-refractivity contribution in [2.24, 2.45) is 0 Å². The molecule has 0 unspecified atom stereocenters. The van der Waals surface area contributed by atoms with Gasteiger partial charge in [-0.2, -0.15) is 4.98 Å². The normalized spacial score (nSPS) is 10.6. The molecule has 1 aromatic heterocycles. The maximum absolute atomic E-state index is 5.28. The zero-order chi connectivity index (χ0) is 13.0. The zero-order valence-corrected chi connectivity index (χ0v) is 10.9. The average Bonchev–Trinajstić information content (AvgIpc) is 2.85. The van der Waals surface area contributed by atoms with Gasteiger partial charge < -0.3 is 14.6 Å². The minimum atomic E-state index is 0.515. The summed E-state index contributed by atoms with van der Waals surface area (Å²) in [5.41, 5.74) is 1.95. The predicted molar refractivity (Wildman–Crippen MR) is 68.4 cm³/mol. The molecule has 96 valence electrons. The van der Waals surface area contributed by atoms with Gasteiger partial charge in [0, 0.05) is 5.56 Å². The maximum atomic E-state index is 5.28. The fourth-order valence-corrected chi connectivity index (χ4v) is 1.63. The highest BCUT2D eigenvalue weighted by Crippen LogP contribution is 2.25. The van der Waals surface area contributed by atoms with Crippen LogP contribution in [0.25, 0.3) is 11.5 Å². The summed E-state index contributed by atoms with van der Waals surface area (Å²) in [5.74, 6) is 1.99. The lowest BCUT2D eigenvalue weighted by Gasteiger charge is -2.04. The fourth-order valence-electron chi connectivity index (χ4n) is 1.63. The van der Waals surface area contributed by atoms with Crippen molar-refractivity contribution in [2.45, 2.75) is 20.4 Å². The topological polar surface area (TPSA) is 60.2 Å². The molecule has 0 aliphatic rings. The van der Waals surface area contributed by atoms with Crippen molar-refractivity contribution in [3.05, 3.63) is 29.6 Å². The number of nitrogens with zero attached hydrogens (tertiary/aromatic N) is 2. The van der Waals surface area contributed by atoms with Crippen molar-refractivity contribution in [3.8, 4) is 17.2 Å². The highest BCUT2D eigenvalue weighted by Gasteiger charge is 2.10. The molecule has 1 heterocycles. The molecule has 2 rings (SSSR count). The summed E-state index contributed by atoms with van der Waals surface area (Å²) in [6.45, 7) is 5.52. The van der Waals surface area contributed by atoms with E-state index in [1.54, 1.807) is 7.11 Å². The Balaban J connectivity index is 2.23. The number of rotatable bonds is 5. The van der Waals surface area contributed by atoms with E-state index in [1.807, 2.05) is 32.0 Å². The summed E-state index contributed by atoms with van der Waals surface area (Å²) in [5, 5.41) is 7.07. The molecule has 1 N–H and O–H groups in total. The van der Waals surface area contributed by atoms with E-state index in [-0.39, 0.29) is 0 Å². The molecule has 1 aromatic carbocycles. The second kappa shape index (κ2) is 5.64. The van der Waals surface area contributed by atoms with Crippen molar-refractivity contribution in [1.82, 2.24) is 15.5 Å². The molecule has 0 fully saturated rings. The molecule has 2 aromatic rings. The predicted octanol–water partition coefficient (Wildman–Crippen LogP) is 2.16. The Morgan fingerprint density at radius 1 is 1.39 bits per heavy atom. The van der Waals surface area contributed by atoms with Gasteiger partial charge in [0.1, 0.15) is 5.75 Å². The lowest BCUT2D eigenvalue weighted by atomic mass is 10.1. The summed E-state index contributed by atoms with van der Waals surface area (Å²) in [7, 11) is 1.65. The molecule has 0 aliphatic carbocycles. The van der Waals surface area contributed by atoms with Gasteiger partial charge in [-0.1, -0.05) is 18.1 Å². The smallest absolute Gasteiger partial charge is 0.258 e. The van der Waals surface area contributed by atoms with Gasteiger partial charge >= 0.3 is 0 Å².